The number of rotatable bonds is 21. The van der Waals surface area contributed by atoms with Crippen LogP contribution in [-0.4, -0.2) is 139 Å². The van der Waals surface area contributed by atoms with E-state index in [0.717, 1.165) is 72.6 Å². The summed E-state index contributed by atoms with van der Waals surface area (Å²) in [4.78, 5) is 62.4. The Kier molecular flexibility index (Phi) is 20.7. The van der Waals surface area contributed by atoms with E-state index in [1.807, 2.05) is 6.92 Å². The minimum absolute atomic E-state index is 0.109. The maximum Gasteiger partial charge on any atom is 0.306 e. The molecule has 0 saturated carbocycles. The topological polar surface area (TPSA) is 227 Å². The van der Waals surface area contributed by atoms with Gasteiger partial charge in [-0.15, -0.1) is 0 Å². The van der Waals surface area contributed by atoms with E-state index < -0.39 is 122 Å². The molecule has 3 heterocycles. The first-order valence-corrected chi connectivity index (χ1v) is 20.6. The molecule has 58 heavy (non-hydrogen) atoms. The molecule has 0 unspecified atom stereocenters. The molecule has 3 rings (SSSR count). The zero-order valence-electron chi connectivity index (χ0n) is 35.4. The molecule has 0 aliphatic carbocycles. The molecule has 0 aromatic carbocycles. The van der Waals surface area contributed by atoms with E-state index >= 15 is 0 Å². The maximum atomic E-state index is 13.1. The SMILES string of the molecule is CCCCCCCCO[C@@H]1O[C@H](C)[C@@H](OC(=O)CCCCC)[C@H](O[C@H]2O[C@@H](C)[C@H](OC(C)=O)[C@@H](O[C@H]3O[C@@H](C)[C@H](OC(C)=O)[C@@H](O)[C@@H]3OC(C)=O)[C@@H]2OC(C)=O)[C@H]1O. The number of carbonyl (C=O) groups excluding carboxylic acids is 5. The van der Waals surface area contributed by atoms with Gasteiger partial charge in [0, 0.05) is 40.7 Å². The average molecular weight is 835 g/mol. The van der Waals surface area contributed by atoms with Crippen LogP contribution >= 0.6 is 0 Å². The number of carbonyl (C=O) groups is 5. The van der Waals surface area contributed by atoms with Crippen molar-refractivity contribution >= 4 is 29.8 Å². The second-order valence-electron chi connectivity index (χ2n) is 15.2. The predicted octanol–water partition coefficient (Wildman–Crippen LogP) is 3.31. The van der Waals surface area contributed by atoms with Gasteiger partial charge in [-0.3, -0.25) is 24.0 Å². The van der Waals surface area contributed by atoms with Crippen molar-refractivity contribution in [1.82, 2.24) is 0 Å². The summed E-state index contributed by atoms with van der Waals surface area (Å²) in [5.41, 5.74) is 0. The van der Waals surface area contributed by atoms with Crippen LogP contribution < -0.4 is 0 Å². The first-order valence-electron chi connectivity index (χ1n) is 20.6. The first-order chi connectivity index (χ1) is 27.5. The second kappa shape index (κ2) is 24.3. The van der Waals surface area contributed by atoms with Gasteiger partial charge in [0.25, 0.3) is 0 Å². The summed E-state index contributed by atoms with van der Waals surface area (Å²) in [6, 6.07) is 0. The lowest BCUT2D eigenvalue weighted by molar-refractivity contribution is -0.376. The molecule has 3 saturated heterocycles. The minimum atomic E-state index is -1.65. The Balaban J connectivity index is 2.00. The number of unbranched alkanes of at least 4 members (excludes halogenated alkanes) is 7. The van der Waals surface area contributed by atoms with Crippen LogP contribution in [-0.2, 0) is 76.1 Å². The van der Waals surface area contributed by atoms with Crippen LogP contribution in [0.3, 0.4) is 0 Å². The van der Waals surface area contributed by atoms with Crippen molar-refractivity contribution in [3.05, 3.63) is 0 Å². The van der Waals surface area contributed by atoms with Crippen molar-refractivity contribution in [2.45, 2.75) is 219 Å². The minimum Gasteiger partial charge on any atom is -0.457 e. The van der Waals surface area contributed by atoms with E-state index in [9.17, 15) is 34.2 Å². The van der Waals surface area contributed by atoms with Gasteiger partial charge in [-0.1, -0.05) is 58.8 Å². The Bertz CT molecular complexity index is 1310. The lowest BCUT2D eigenvalue weighted by atomic mass is 9.96. The maximum absolute atomic E-state index is 13.1. The van der Waals surface area contributed by atoms with Gasteiger partial charge in [0.2, 0.25) is 0 Å². The fourth-order valence-electron chi connectivity index (χ4n) is 7.25. The number of aliphatic hydroxyl groups is 2. The molecule has 334 valence electrons. The summed E-state index contributed by atoms with van der Waals surface area (Å²) in [5.74, 6) is -3.70. The van der Waals surface area contributed by atoms with Gasteiger partial charge in [-0.25, -0.2) is 0 Å². The summed E-state index contributed by atoms with van der Waals surface area (Å²) in [5, 5.41) is 23.1. The monoisotopic (exact) mass is 834 g/mol. The smallest absolute Gasteiger partial charge is 0.306 e. The molecule has 3 aliphatic rings. The number of ether oxygens (including phenoxy) is 11. The summed E-state index contributed by atoms with van der Waals surface area (Å²) in [6.07, 6.45) is -11.9. The highest BCUT2D eigenvalue weighted by Crippen LogP contribution is 2.37. The molecule has 15 atom stereocenters. The van der Waals surface area contributed by atoms with Gasteiger partial charge in [-0.2, -0.15) is 0 Å². The van der Waals surface area contributed by atoms with Gasteiger partial charge >= 0.3 is 29.8 Å². The van der Waals surface area contributed by atoms with E-state index in [1.54, 1.807) is 6.92 Å². The van der Waals surface area contributed by atoms with Gasteiger partial charge < -0.3 is 62.3 Å². The quantitative estimate of drug-likeness (QED) is 0.0960. The molecule has 0 bridgehead atoms. The Morgan fingerprint density at radius 2 is 0.897 bits per heavy atom. The third-order valence-corrected chi connectivity index (χ3v) is 10.1. The molecule has 3 aliphatic heterocycles. The summed E-state index contributed by atoms with van der Waals surface area (Å²) >= 11 is 0. The van der Waals surface area contributed by atoms with E-state index in [0.29, 0.717) is 12.8 Å². The highest BCUT2D eigenvalue weighted by Gasteiger charge is 2.57. The lowest BCUT2D eigenvalue weighted by Crippen LogP contribution is -2.67. The average Bonchev–Trinajstić information content (AvgIpc) is 3.13. The van der Waals surface area contributed by atoms with Gasteiger partial charge in [0.1, 0.15) is 24.4 Å². The summed E-state index contributed by atoms with van der Waals surface area (Å²) < 4.78 is 65.0. The van der Waals surface area contributed by atoms with Gasteiger partial charge in [-0.05, 0) is 33.6 Å². The van der Waals surface area contributed by atoms with Crippen molar-refractivity contribution in [1.29, 1.82) is 0 Å². The van der Waals surface area contributed by atoms with E-state index in [-0.39, 0.29) is 13.0 Å². The van der Waals surface area contributed by atoms with Crippen molar-refractivity contribution in [2.24, 2.45) is 0 Å². The first kappa shape index (κ1) is 49.4. The molecule has 18 heteroatoms. The van der Waals surface area contributed by atoms with E-state index in [1.165, 1.54) is 13.8 Å². The Morgan fingerprint density at radius 1 is 0.466 bits per heavy atom. The molecule has 18 nitrogen and oxygen atoms in total. The van der Waals surface area contributed by atoms with Gasteiger partial charge in [0.05, 0.1) is 18.3 Å². The molecule has 0 aromatic rings. The second-order valence-corrected chi connectivity index (χ2v) is 15.2. The van der Waals surface area contributed by atoms with Crippen LogP contribution in [0.15, 0.2) is 0 Å². The number of esters is 5. The summed E-state index contributed by atoms with van der Waals surface area (Å²) in [7, 11) is 0. The molecule has 2 N–H and O–H groups in total. The lowest BCUT2D eigenvalue weighted by Gasteiger charge is -2.49. The number of aliphatic hydroxyl groups excluding tert-OH is 2. The van der Waals surface area contributed by atoms with Crippen LogP contribution in [0.1, 0.15) is 127 Å². The highest BCUT2D eigenvalue weighted by molar-refractivity contribution is 5.69. The fourth-order valence-corrected chi connectivity index (χ4v) is 7.25. The van der Waals surface area contributed by atoms with E-state index in [4.69, 9.17) is 52.1 Å². The Morgan fingerprint density at radius 3 is 1.48 bits per heavy atom. The molecule has 0 amide bonds. The third kappa shape index (κ3) is 14.6. The molecule has 0 aromatic heterocycles. The molecule has 0 radical (unpaired) electrons. The van der Waals surface area contributed by atoms with Crippen molar-refractivity contribution in [2.75, 3.05) is 6.61 Å². The largest absolute Gasteiger partial charge is 0.457 e. The zero-order valence-corrected chi connectivity index (χ0v) is 35.4. The van der Waals surface area contributed by atoms with E-state index in [2.05, 4.69) is 6.92 Å². The van der Waals surface area contributed by atoms with Gasteiger partial charge in [0.15, 0.2) is 49.4 Å². The molecule has 0 spiro atoms. The standard InChI is InChI=1S/C40H66O18/c1-10-12-14-15-16-18-20-48-38-30(47)34(32(22(4)49-38)56-28(45)19-17-13-11-2)57-40-37(55-27(9)44)36(33(23(5)51-40)53-25(7)42)58-39-35(54-26(8)43)29(46)31(21(3)50-39)52-24(6)41/h21-23,29-40,46-47H,10-20H2,1-9H3/t21-,22+,23-,29+,30+,31-,32+,33-,34+,35-,36+,37-,38+,39+,40+/m0/s1. The molecular weight excluding hydrogens is 768 g/mol. The highest BCUT2D eigenvalue weighted by atomic mass is 16.8. The third-order valence-electron chi connectivity index (χ3n) is 10.1. The number of hydrogen-bond acceptors (Lipinski definition) is 18. The molecule has 3 fully saturated rings. The van der Waals surface area contributed by atoms with Crippen molar-refractivity contribution < 1.29 is 86.3 Å². The van der Waals surface area contributed by atoms with Crippen LogP contribution in [0, 0.1) is 0 Å². The normalized spacial score (nSPS) is 35.1. The number of hydrogen-bond donors (Lipinski definition) is 2. The van der Waals surface area contributed by atoms with Crippen LogP contribution in [0.4, 0.5) is 0 Å². The van der Waals surface area contributed by atoms with Crippen LogP contribution in [0.2, 0.25) is 0 Å². The summed E-state index contributed by atoms with van der Waals surface area (Å²) in [6.45, 7) is 13.6. The van der Waals surface area contributed by atoms with Crippen molar-refractivity contribution in [3.8, 4) is 0 Å². The Labute approximate surface area is 341 Å². The molecular formula is C40H66O18. The van der Waals surface area contributed by atoms with Crippen LogP contribution in [0.25, 0.3) is 0 Å². The fraction of sp³-hybridized carbons (Fsp3) is 0.875. The van der Waals surface area contributed by atoms with Crippen LogP contribution in [0.5, 0.6) is 0 Å². The predicted molar refractivity (Wildman–Crippen MR) is 200 cm³/mol. The Hall–Kier alpha value is -2.97. The zero-order chi connectivity index (χ0) is 43.1. The van der Waals surface area contributed by atoms with Crippen molar-refractivity contribution in [3.63, 3.8) is 0 Å².